The van der Waals surface area contributed by atoms with E-state index in [1.54, 1.807) is 5.96 Å². The molecule has 0 aromatic carbocycles. The predicted molar refractivity (Wildman–Crippen MR) is 107 cm³/mol. The number of rotatable bonds is 12. The number of nitrogens with zero attached hydrogens (tertiary/aromatic N) is 3. The van der Waals surface area contributed by atoms with Crippen LogP contribution in [0.1, 0.15) is 91.9 Å². The third-order valence-corrected chi connectivity index (χ3v) is 5.08. The summed E-state index contributed by atoms with van der Waals surface area (Å²) in [4.78, 5) is 5.48. The van der Waals surface area contributed by atoms with Gasteiger partial charge in [0, 0.05) is 0 Å². The number of guanidine groups is 1. The summed E-state index contributed by atoms with van der Waals surface area (Å²) < 4.78 is 2.70. The van der Waals surface area contributed by atoms with E-state index in [1.807, 2.05) is 0 Å². The summed E-state index contributed by atoms with van der Waals surface area (Å²) in [6.45, 7) is 16.7. The second-order valence-corrected chi connectivity index (χ2v) is 7.38. The van der Waals surface area contributed by atoms with Crippen molar-refractivity contribution in [2.45, 2.75) is 91.9 Å². The zero-order valence-electron chi connectivity index (χ0n) is 17.5. The van der Waals surface area contributed by atoms with E-state index < -0.39 is 0 Å². The Morgan fingerprint density at radius 3 is 1.24 bits per heavy atom. The highest BCUT2D eigenvalue weighted by Gasteiger charge is 2.29. The molecule has 1 saturated heterocycles. The molecule has 0 aromatic heterocycles. The molecule has 0 aromatic rings. The second kappa shape index (κ2) is 15.8. The van der Waals surface area contributed by atoms with Crippen LogP contribution in [0.5, 0.6) is 0 Å². The lowest BCUT2D eigenvalue weighted by atomic mass is 10.2. The van der Waals surface area contributed by atoms with Gasteiger partial charge in [-0.2, -0.15) is 0 Å². The molecule has 0 atom stereocenters. The van der Waals surface area contributed by atoms with E-state index in [0.717, 1.165) is 0 Å². The standard InChI is InChI=1S/C21H44N3.ClH/c1-5-9-15-22(16-10-6-2)21(24-19-13-14-20-24)23(17-11-7-3)18-12-8-4;/h5-20H2,1-4H3;1H/q+1;/p-1. The number of hydrogen-bond donors (Lipinski definition) is 0. The topological polar surface area (TPSA) is 9.49 Å². The highest BCUT2D eigenvalue weighted by atomic mass is 35.5. The van der Waals surface area contributed by atoms with E-state index in [9.17, 15) is 0 Å². The zero-order valence-corrected chi connectivity index (χ0v) is 18.3. The first-order valence-corrected chi connectivity index (χ1v) is 10.9. The average molecular weight is 374 g/mol. The summed E-state index contributed by atoms with van der Waals surface area (Å²) >= 11 is 0. The fraction of sp³-hybridized carbons (Fsp3) is 0.952. The molecule has 0 spiro atoms. The molecule has 1 fully saturated rings. The lowest BCUT2D eigenvalue weighted by Crippen LogP contribution is -3.00. The summed E-state index contributed by atoms with van der Waals surface area (Å²) in [5, 5.41) is 0. The highest BCUT2D eigenvalue weighted by molar-refractivity contribution is 5.75. The van der Waals surface area contributed by atoms with Crippen LogP contribution >= 0.6 is 0 Å². The van der Waals surface area contributed by atoms with Gasteiger partial charge >= 0.3 is 5.96 Å². The monoisotopic (exact) mass is 373 g/mol. The van der Waals surface area contributed by atoms with Crippen LogP contribution in [0.2, 0.25) is 0 Å². The van der Waals surface area contributed by atoms with E-state index >= 15 is 0 Å². The molecule has 0 radical (unpaired) electrons. The first-order chi connectivity index (χ1) is 11.8. The first kappa shape index (κ1) is 24.6. The molecule has 4 heteroatoms. The largest absolute Gasteiger partial charge is 1.00 e. The number of hydrogen-bond acceptors (Lipinski definition) is 0. The Morgan fingerprint density at radius 1 is 0.640 bits per heavy atom. The molecule has 0 unspecified atom stereocenters. The maximum Gasteiger partial charge on any atom is 0.350 e. The van der Waals surface area contributed by atoms with E-state index in [2.05, 4.69) is 42.1 Å². The van der Waals surface area contributed by atoms with Crippen LogP contribution in [0.3, 0.4) is 0 Å². The molecule has 0 N–H and O–H groups in total. The van der Waals surface area contributed by atoms with Gasteiger partial charge in [-0.25, -0.2) is 0 Å². The predicted octanol–water partition coefficient (Wildman–Crippen LogP) is 1.96. The van der Waals surface area contributed by atoms with Crippen molar-refractivity contribution in [3.05, 3.63) is 0 Å². The Bertz CT molecular complexity index is 298. The summed E-state index contributed by atoms with van der Waals surface area (Å²) in [6, 6.07) is 0. The molecular formula is C21H44ClN3. The minimum Gasteiger partial charge on any atom is -1.00 e. The SMILES string of the molecule is CCCCN(CCCC)C(N(CCCC)CCCC)=[N+]1CCCC1.[Cl-]. The summed E-state index contributed by atoms with van der Waals surface area (Å²) in [5.41, 5.74) is 0. The first-order valence-electron chi connectivity index (χ1n) is 10.9. The van der Waals surface area contributed by atoms with Gasteiger partial charge in [-0.15, -0.1) is 0 Å². The Hall–Kier alpha value is -0.440. The minimum atomic E-state index is 0. The molecule has 0 aliphatic carbocycles. The number of halogens is 1. The lowest BCUT2D eigenvalue weighted by Gasteiger charge is -2.30. The van der Waals surface area contributed by atoms with Crippen molar-refractivity contribution in [2.75, 3.05) is 39.3 Å². The van der Waals surface area contributed by atoms with Gasteiger partial charge in [-0.3, -0.25) is 14.4 Å². The molecule has 1 heterocycles. The fourth-order valence-electron chi connectivity index (χ4n) is 3.54. The van der Waals surface area contributed by atoms with Crippen molar-refractivity contribution in [2.24, 2.45) is 0 Å². The van der Waals surface area contributed by atoms with Crippen molar-refractivity contribution in [3.63, 3.8) is 0 Å². The summed E-state index contributed by atoms with van der Waals surface area (Å²) in [6.07, 6.45) is 13.2. The van der Waals surface area contributed by atoms with Crippen LogP contribution in [0.4, 0.5) is 0 Å². The van der Waals surface area contributed by atoms with Gasteiger partial charge in [0.1, 0.15) is 0 Å². The normalized spacial score (nSPS) is 13.7. The maximum absolute atomic E-state index is 2.74. The van der Waals surface area contributed by atoms with Crippen LogP contribution in [0, 0.1) is 0 Å². The molecule has 0 bridgehead atoms. The Morgan fingerprint density at radius 2 is 0.960 bits per heavy atom. The van der Waals surface area contributed by atoms with Gasteiger partial charge in [0.25, 0.3) is 0 Å². The minimum absolute atomic E-state index is 0. The zero-order chi connectivity index (χ0) is 17.6. The molecule has 1 rings (SSSR count). The van der Waals surface area contributed by atoms with Gasteiger partial charge in [0.15, 0.2) is 0 Å². The maximum atomic E-state index is 2.74. The van der Waals surface area contributed by atoms with E-state index in [0.29, 0.717) is 0 Å². The van der Waals surface area contributed by atoms with Crippen molar-refractivity contribution < 1.29 is 17.0 Å². The molecule has 0 saturated carbocycles. The Kier molecular flexibility index (Phi) is 15.5. The van der Waals surface area contributed by atoms with Crippen LogP contribution in [0.25, 0.3) is 0 Å². The van der Waals surface area contributed by atoms with Crippen LogP contribution in [0.15, 0.2) is 0 Å². The van der Waals surface area contributed by atoms with Crippen molar-refractivity contribution >= 4 is 5.96 Å². The van der Waals surface area contributed by atoms with Crippen molar-refractivity contribution in [3.8, 4) is 0 Å². The van der Waals surface area contributed by atoms with Gasteiger partial charge in [0.2, 0.25) is 0 Å². The quantitative estimate of drug-likeness (QED) is 0.382. The third kappa shape index (κ3) is 9.17. The van der Waals surface area contributed by atoms with E-state index in [1.165, 1.54) is 103 Å². The molecule has 1 aliphatic heterocycles. The molecule has 3 nitrogen and oxygen atoms in total. The Labute approximate surface area is 164 Å². The summed E-state index contributed by atoms with van der Waals surface area (Å²) in [5.74, 6) is 1.58. The van der Waals surface area contributed by atoms with Gasteiger partial charge in [0.05, 0.1) is 39.3 Å². The fourth-order valence-corrected chi connectivity index (χ4v) is 3.54. The highest BCUT2D eigenvalue weighted by Crippen LogP contribution is 2.12. The lowest BCUT2D eigenvalue weighted by molar-refractivity contribution is -0.517. The van der Waals surface area contributed by atoms with Crippen molar-refractivity contribution in [1.82, 2.24) is 9.80 Å². The van der Waals surface area contributed by atoms with Gasteiger partial charge in [-0.05, 0) is 38.5 Å². The summed E-state index contributed by atoms with van der Waals surface area (Å²) in [7, 11) is 0. The van der Waals surface area contributed by atoms with Gasteiger partial charge in [-0.1, -0.05) is 53.4 Å². The molecular weight excluding hydrogens is 330 g/mol. The molecule has 0 amide bonds. The molecule has 1 aliphatic rings. The van der Waals surface area contributed by atoms with Gasteiger partial charge < -0.3 is 12.4 Å². The third-order valence-electron chi connectivity index (χ3n) is 5.08. The van der Waals surface area contributed by atoms with E-state index in [-0.39, 0.29) is 12.4 Å². The van der Waals surface area contributed by atoms with Crippen LogP contribution < -0.4 is 12.4 Å². The van der Waals surface area contributed by atoms with Crippen molar-refractivity contribution in [1.29, 1.82) is 0 Å². The van der Waals surface area contributed by atoms with Crippen LogP contribution in [-0.4, -0.2) is 59.6 Å². The van der Waals surface area contributed by atoms with E-state index in [4.69, 9.17) is 0 Å². The smallest absolute Gasteiger partial charge is 0.350 e. The van der Waals surface area contributed by atoms with Crippen LogP contribution in [-0.2, 0) is 0 Å². The average Bonchev–Trinajstić information content (AvgIpc) is 3.12. The molecule has 25 heavy (non-hydrogen) atoms. The number of unbranched alkanes of at least 4 members (excludes halogenated alkanes) is 4. The Balaban J connectivity index is 0.00000576. The molecule has 150 valence electrons. The second-order valence-electron chi connectivity index (χ2n) is 7.38.